The second-order valence-corrected chi connectivity index (χ2v) is 6.59. The molecule has 5 nitrogen and oxygen atoms in total. The van der Waals surface area contributed by atoms with Crippen LogP contribution < -0.4 is 11.2 Å². The molecule has 0 saturated carbocycles. The molecular weight excluding hydrogens is 326 g/mol. The van der Waals surface area contributed by atoms with Gasteiger partial charge in [-0.3, -0.25) is 9.36 Å². The molecule has 0 aliphatic carbocycles. The van der Waals surface area contributed by atoms with Crippen LogP contribution in [0, 0.1) is 0 Å². The smallest absolute Gasteiger partial charge is 0.330 e. The Kier molecular flexibility index (Phi) is 3.47. The molecule has 0 atom stereocenters. The molecule has 0 aliphatic rings. The maximum Gasteiger partial charge on any atom is 0.330 e. The quantitative estimate of drug-likeness (QED) is 0.561. The van der Waals surface area contributed by atoms with E-state index in [-0.39, 0.29) is 11.2 Å². The molecule has 2 aromatic carbocycles. The molecule has 0 bridgehead atoms. The van der Waals surface area contributed by atoms with Crippen LogP contribution in [0.1, 0.15) is 11.1 Å². The van der Waals surface area contributed by atoms with E-state index in [0.717, 1.165) is 31.9 Å². The Morgan fingerprint density at radius 1 is 0.885 bits per heavy atom. The van der Waals surface area contributed by atoms with Gasteiger partial charge in [-0.2, -0.15) is 0 Å². The van der Waals surface area contributed by atoms with Crippen LogP contribution in [-0.2, 0) is 21.1 Å². The van der Waals surface area contributed by atoms with Gasteiger partial charge in [-0.1, -0.05) is 30.8 Å². The van der Waals surface area contributed by atoms with Crippen LogP contribution in [0.2, 0.25) is 0 Å². The predicted molar refractivity (Wildman–Crippen MR) is 105 cm³/mol. The maximum absolute atomic E-state index is 12.5. The van der Waals surface area contributed by atoms with Crippen LogP contribution in [0.4, 0.5) is 0 Å². The lowest BCUT2D eigenvalue weighted by atomic mass is 9.99. The number of hydrogen-bond donors (Lipinski definition) is 0. The molecular formula is C21H19N3O2. The van der Waals surface area contributed by atoms with Gasteiger partial charge in [-0.05, 0) is 29.3 Å². The van der Waals surface area contributed by atoms with Crippen LogP contribution in [0.3, 0.4) is 0 Å². The van der Waals surface area contributed by atoms with Crippen molar-refractivity contribution < 1.29 is 0 Å². The fourth-order valence-corrected chi connectivity index (χ4v) is 3.53. The molecule has 0 amide bonds. The zero-order valence-electron chi connectivity index (χ0n) is 15.0. The summed E-state index contributed by atoms with van der Waals surface area (Å²) in [5.41, 5.74) is 3.49. The van der Waals surface area contributed by atoms with Gasteiger partial charge < -0.3 is 9.13 Å². The summed E-state index contributed by atoms with van der Waals surface area (Å²) >= 11 is 0. The fourth-order valence-electron chi connectivity index (χ4n) is 3.53. The predicted octanol–water partition coefficient (Wildman–Crippen LogP) is 2.79. The van der Waals surface area contributed by atoms with Gasteiger partial charge in [0.15, 0.2) is 0 Å². The third-order valence-electron chi connectivity index (χ3n) is 5.03. The second-order valence-electron chi connectivity index (χ2n) is 6.59. The van der Waals surface area contributed by atoms with Crippen molar-refractivity contribution in [2.75, 3.05) is 0 Å². The Morgan fingerprint density at radius 3 is 2.35 bits per heavy atom. The van der Waals surface area contributed by atoms with Gasteiger partial charge in [0.05, 0.1) is 5.56 Å². The van der Waals surface area contributed by atoms with Crippen LogP contribution in [-0.4, -0.2) is 13.7 Å². The van der Waals surface area contributed by atoms with E-state index in [1.165, 1.54) is 11.6 Å². The van der Waals surface area contributed by atoms with E-state index in [2.05, 4.69) is 29.3 Å². The second kappa shape index (κ2) is 5.59. The van der Waals surface area contributed by atoms with Crippen molar-refractivity contribution in [3.05, 3.63) is 87.2 Å². The van der Waals surface area contributed by atoms with Crippen LogP contribution in [0.5, 0.6) is 0 Å². The molecule has 0 saturated heterocycles. The number of aromatic nitrogens is 3. The summed E-state index contributed by atoms with van der Waals surface area (Å²) in [7, 11) is 5.16. The highest BCUT2D eigenvalue weighted by Crippen LogP contribution is 2.31. The minimum atomic E-state index is -0.351. The first-order valence-corrected chi connectivity index (χ1v) is 8.33. The Balaban J connectivity index is 1.96. The summed E-state index contributed by atoms with van der Waals surface area (Å²) in [6, 6.07) is 14.3. The third-order valence-corrected chi connectivity index (χ3v) is 5.03. The molecule has 0 aliphatic heterocycles. The van der Waals surface area contributed by atoms with Crippen molar-refractivity contribution in [3.8, 4) is 0 Å². The van der Waals surface area contributed by atoms with Crippen LogP contribution in [0.15, 0.2) is 64.8 Å². The number of para-hydroxylation sites is 1. The minimum Gasteiger partial charge on any atom is -0.344 e. The Morgan fingerprint density at radius 2 is 1.58 bits per heavy atom. The van der Waals surface area contributed by atoms with E-state index in [1.54, 1.807) is 13.2 Å². The standard InChI is InChI=1S/C21H19N3O2/c1-13(17-12-22(2)21(26)24(4)20(17)25)14-9-10-19-16(11-14)15-7-5-6-8-18(15)23(19)3/h5-12H,1H2,2-4H3. The highest BCUT2D eigenvalue weighted by molar-refractivity contribution is 6.09. The van der Waals surface area contributed by atoms with Crippen molar-refractivity contribution in [2.45, 2.75) is 0 Å². The van der Waals surface area contributed by atoms with Crippen LogP contribution in [0.25, 0.3) is 27.4 Å². The summed E-state index contributed by atoms with van der Waals surface area (Å²) < 4.78 is 4.66. The SMILES string of the molecule is C=C(c1ccc2c(c1)c1ccccc1n2C)c1cn(C)c(=O)n(C)c1=O. The summed E-state index contributed by atoms with van der Waals surface area (Å²) in [5.74, 6) is 0. The zero-order chi connectivity index (χ0) is 18.6. The molecule has 4 rings (SSSR count). The number of fused-ring (bicyclic) bond motifs is 3. The third kappa shape index (κ3) is 2.17. The van der Waals surface area contributed by atoms with Gasteiger partial charge in [0, 0.05) is 49.1 Å². The van der Waals surface area contributed by atoms with Crippen molar-refractivity contribution >= 4 is 27.4 Å². The summed E-state index contributed by atoms with van der Waals surface area (Å²) in [5, 5.41) is 2.27. The summed E-state index contributed by atoms with van der Waals surface area (Å²) in [6.07, 6.45) is 1.56. The van der Waals surface area contributed by atoms with E-state index in [4.69, 9.17) is 0 Å². The maximum atomic E-state index is 12.5. The van der Waals surface area contributed by atoms with Gasteiger partial charge in [0.2, 0.25) is 0 Å². The first-order chi connectivity index (χ1) is 12.4. The minimum absolute atomic E-state index is 0.337. The first kappa shape index (κ1) is 16.1. The molecule has 0 unspecified atom stereocenters. The van der Waals surface area contributed by atoms with E-state index < -0.39 is 0 Å². The largest absolute Gasteiger partial charge is 0.344 e. The lowest BCUT2D eigenvalue weighted by Gasteiger charge is -2.10. The average Bonchev–Trinajstić information content (AvgIpc) is 2.95. The van der Waals surface area contributed by atoms with Gasteiger partial charge in [0.25, 0.3) is 5.56 Å². The molecule has 26 heavy (non-hydrogen) atoms. The Bertz CT molecular complexity index is 1320. The topological polar surface area (TPSA) is 48.9 Å². The number of aryl methyl sites for hydroxylation is 2. The van der Waals surface area contributed by atoms with Crippen molar-refractivity contribution in [1.29, 1.82) is 0 Å². The molecule has 2 aromatic heterocycles. The molecule has 0 spiro atoms. The lowest BCUT2D eigenvalue weighted by molar-refractivity contribution is 0.682. The fraction of sp³-hybridized carbons (Fsp3) is 0.143. The van der Waals surface area contributed by atoms with Crippen molar-refractivity contribution in [1.82, 2.24) is 13.7 Å². The monoisotopic (exact) mass is 345 g/mol. The summed E-state index contributed by atoms with van der Waals surface area (Å²) in [6.45, 7) is 4.13. The Labute approximate surface area is 150 Å². The molecule has 130 valence electrons. The van der Waals surface area contributed by atoms with Crippen molar-refractivity contribution in [2.24, 2.45) is 21.1 Å². The van der Waals surface area contributed by atoms with E-state index in [9.17, 15) is 9.59 Å². The van der Waals surface area contributed by atoms with Gasteiger partial charge in [0.1, 0.15) is 0 Å². The van der Waals surface area contributed by atoms with E-state index in [1.807, 2.05) is 31.3 Å². The number of benzene rings is 2. The number of nitrogens with zero attached hydrogens (tertiary/aromatic N) is 3. The average molecular weight is 345 g/mol. The van der Waals surface area contributed by atoms with Gasteiger partial charge in [-0.15, -0.1) is 0 Å². The van der Waals surface area contributed by atoms with Crippen molar-refractivity contribution in [3.63, 3.8) is 0 Å². The molecule has 2 heterocycles. The molecule has 5 heteroatoms. The molecule has 0 N–H and O–H groups in total. The molecule has 4 aromatic rings. The van der Waals surface area contributed by atoms with Gasteiger partial charge >= 0.3 is 5.69 Å². The van der Waals surface area contributed by atoms with Crippen LogP contribution >= 0.6 is 0 Å². The molecule has 0 radical (unpaired) electrons. The highest BCUT2D eigenvalue weighted by Gasteiger charge is 2.14. The zero-order valence-corrected chi connectivity index (χ0v) is 15.0. The first-order valence-electron chi connectivity index (χ1n) is 8.33. The van der Waals surface area contributed by atoms with E-state index in [0.29, 0.717) is 11.1 Å². The Hall–Kier alpha value is -3.34. The lowest BCUT2D eigenvalue weighted by Crippen LogP contribution is -2.38. The van der Waals surface area contributed by atoms with Gasteiger partial charge in [-0.25, -0.2) is 4.79 Å². The normalized spacial score (nSPS) is 11.3. The molecule has 0 fully saturated rings. The van der Waals surface area contributed by atoms with E-state index >= 15 is 0 Å². The number of hydrogen-bond acceptors (Lipinski definition) is 2. The summed E-state index contributed by atoms with van der Waals surface area (Å²) in [4.78, 5) is 24.4. The highest BCUT2D eigenvalue weighted by atomic mass is 16.2. The number of rotatable bonds is 2.